The predicted molar refractivity (Wildman–Crippen MR) is 108 cm³/mol. The Labute approximate surface area is 172 Å². The topological polar surface area (TPSA) is 105 Å². The van der Waals surface area contributed by atoms with Crippen molar-refractivity contribution < 1.29 is 17.7 Å². The number of nitrogens with zero attached hydrogens (tertiary/aromatic N) is 3. The van der Waals surface area contributed by atoms with Crippen LogP contribution in [0.15, 0.2) is 44.4 Å². The average molecular weight is 433 g/mol. The molecule has 1 saturated heterocycles. The highest BCUT2D eigenvalue weighted by Crippen LogP contribution is 2.27. The molecule has 0 bridgehead atoms. The average Bonchev–Trinajstić information content (AvgIpc) is 3.48. The number of amides is 1. The maximum Gasteiger partial charge on any atom is 0.316 e. The van der Waals surface area contributed by atoms with Crippen molar-refractivity contribution in [1.82, 2.24) is 19.8 Å². The first-order valence-corrected chi connectivity index (χ1v) is 11.6. The lowest BCUT2D eigenvalue weighted by molar-refractivity contribution is 0.0743. The van der Waals surface area contributed by atoms with E-state index in [9.17, 15) is 13.2 Å². The maximum atomic E-state index is 12.6. The molecule has 1 amide bonds. The second kappa shape index (κ2) is 8.05. The molecule has 1 aliphatic rings. The molecule has 3 aromatic rings. The van der Waals surface area contributed by atoms with Crippen LogP contribution in [0.2, 0.25) is 0 Å². The summed E-state index contributed by atoms with van der Waals surface area (Å²) in [5.41, 5.74) is 2.48. The summed E-state index contributed by atoms with van der Waals surface area (Å²) in [6.07, 6.45) is 1.93. The summed E-state index contributed by atoms with van der Waals surface area (Å²) in [5, 5.41) is 5.47. The minimum absolute atomic E-state index is 0.0741. The van der Waals surface area contributed by atoms with E-state index >= 15 is 0 Å². The Balaban J connectivity index is 1.46. The van der Waals surface area contributed by atoms with E-state index in [0.717, 1.165) is 35.3 Å². The van der Waals surface area contributed by atoms with Gasteiger partial charge in [-0.15, -0.1) is 11.3 Å². The van der Waals surface area contributed by atoms with Gasteiger partial charge in [-0.2, -0.15) is 4.98 Å². The summed E-state index contributed by atoms with van der Waals surface area (Å²) in [5.74, 6) is -0.164. The number of nitrogens with one attached hydrogen (secondary N) is 1. The smallest absolute Gasteiger partial charge is 0.316 e. The quantitative estimate of drug-likeness (QED) is 0.642. The highest BCUT2D eigenvalue weighted by molar-refractivity contribution is 7.91. The summed E-state index contributed by atoms with van der Waals surface area (Å²) in [6.45, 7) is 3.55. The van der Waals surface area contributed by atoms with Gasteiger partial charge in [-0.1, -0.05) is 35.0 Å². The number of sulfonamides is 1. The van der Waals surface area contributed by atoms with Gasteiger partial charge in [0.15, 0.2) is 0 Å². The van der Waals surface area contributed by atoms with E-state index in [-0.39, 0.29) is 28.4 Å². The van der Waals surface area contributed by atoms with Crippen molar-refractivity contribution in [3.8, 4) is 11.4 Å². The number of aromatic nitrogens is 2. The molecule has 3 heterocycles. The molecule has 10 heteroatoms. The highest BCUT2D eigenvalue weighted by atomic mass is 32.2. The molecule has 0 atom stereocenters. The summed E-state index contributed by atoms with van der Waals surface area (Å²) in [4.78, 5) is 18.1. The first-order valence-electron chi connectivity index (χ1n) is 9.19. The van der Waals surface area contributed by atoms with Gasteiger partial charge in [0.25, 0.3) is 0 Å². The molecular weight excluding hydrogens is 412 g/mol. The number of carbonyl (C=O) groups is 1. The maximum absolute atomic E-state index is 12.6. The highest BCUT2D eigenvalue weighted by Gasteiger charge is 2.26. The van der Waals surface area contributed by atoms with Crippen LogP contribution in [-0.4, -0.2) is 42.5 Å². The number of benzene rings is 1. The van der Waals surface area contributed by atoms with Crippen molar-refractivity contribution in [1.29, 1.82) is 0 Å². The summed E-state index contributed by atoms with van der Waals surface area (Å²) >= 11 is 1.06. The fraction of sp³-hybridized carbons (Fsp3) is 0.316. The number of hydrogen-bond acceptors (Lipinski definition) is 7. The van der Waals surface area contributed by atoms with Gasteiger partial charge in [-0.3, -0.25) is 4.79 Å². The number of rotatable bonds is 6. The van der Waals surface area contributed by atoms with E-state index in [1.165, 1.54) is 6.07 Å². The Morgan fingerprint density at radius 1 is 1.24 bits per heavy atom. The lowest BCUT2D eigenvalue weighted by Gasteiger charge is -2.10. The summed E-state index contributed by atoms with van der Waals surface area (Å²) < 4.78 is 33.0. The summed E-state index contributed by atoms with van der Waals surface area (Å²) in [6, 6.07) is 9.12. The van der Waals surface area contributed by atoms with Crippen molar-refractivity contribution in [3.63, 3.8) is 0 Å². The first-order chi connectivity index (χ1) is 13.9. The number of hydrogen-bond donors (Lipinski definition) is 1. The molecule has 1 fully saturated rings. The van der Waals surface area contributed by atoms with Gasteiger partial charge in [-0.25, -0.2) is 13.1 Å². The van der Waals surface area contributed by atoms with Crippen molar-refractivity contribution in [2.24, 2.45) is 0 Å². The van der Waals surface area contributed by atoms with E-state index < -0.39 is 10.0 Å². The number of carbonyl (C=O) groups excluding carboxylic acids is 1. The van der Waals surface area contributed by atoms with Crippen LogP contribution in [0.1, 0.15) is 34.7 Å². The van der Waals surface area contributed by atoms with Gasteiger partial charge < -0.3 is 9.42 Å². The van der Waals surface area contributed by atoms with E-state index in [0.29, 0.717) is 18.7 Å². The molecule has 1 N–H and O–H groups in total. The fourth-order valence-electron chi connectivity index (χ4n) is 3.01. The number of aryl methyl sites for hydroxylation is 1. The van der Waals surface area contributed by atoms with E-state index in [1.54, 1.807) is 10.3 Å². The Morgan fingerprint density at radius 2 is 1.97 bits per heavy atom. The molecule has 0 radical (unpaired) electrons. The van der Waals surface area contributed by atoms with Crippen molar-refractivity contribution in [2.45, 2.75) is 30.5 Å². The molecule has 1 aliphatic heterocycles. The second-order valence-corrected chi connectivity index (χ2v) is 9.79. The zero-order valence-corrected chi connectivity index (χ0v) is 17.4. The van der Waals surface area contributed by atoms with E-state index in [4.69, 9.17) is 4.52 Å². The van der Waals surface area contributed by atoms with Crippen LogP contribution in [0.25, 0.3) is 11.4 Å². The molecule has 0 spiro atoms. The molecule has 1 aromatic carbocycles. The lowest BCUT2D eigenvalue weighted by Crippen LogP contribution is -2.27. The zero-order chi connectivity index (χ0) is 20.4. The normalized spacial score (nSPS) is 14.4. The van der Waals surface area contributed by atoms with Crippen molar-refractivity contribution in [3.05, 3.63) is 52.7 Å². The minimum atomic E-state index is -3.67. The number of likely N-dealkylation sites (tertiary alicyclic amines) is 1. The zero-order valence-electron chi connectivity index (χ0n) is 15.8. The van der Waals surface area contributed by atoms with Crippen LogP contribution in [0.3, 0.4) is 0 Å². The third-order valence-electron chi connectivity index (χ3n) is 4.69. The molecule has 0 saturated carbocycles. The molecule has 29 heavy (non-hydrogen) atoms. The van der Waals surface area contributed by atoms with Crippen LogP contribution in [-0.2, 0) is 16.6 Å². The van der Waals surface area contributed by atoms with Gasteiger partial charge in [0, 0.05) is 30.6 Å². The predicted octanol–water partition coefficient (Wildman–Crippen LogP) is 2.82. The van der Waals surface area contributed by atoms with Gasteiger partial charge in [-0.05, 0) is 31.4 Å². The van der Waals surface area contributed by atoms with Crippen LogP contribution in [0, 0.1) is 6.92 Å². The molecule has 152 valence electrons. The second-order valence-electron chi connectivity index (χ2n) is 6.89. The van der Waals surface area contributed by atoms with Gasteiger partial charge in [0.1, 0.15) is 4.21 Å². The van der Waals surface area contributed by atoms with Crippen LogP contribution in [0.4, 0.5) is 0 Å². The Bertz CT molecular complexity index is 1110. The third kappa shape index (κ3) is 4.39. The molecule has 8 nitrogen and oxygen atoms in total. The number of thiophene rings is 1. The summed E-state index contributed by atoms with van der Waals surface area (Å²) in [7, 11) is -3.67. The minimum Gasteiger partial charge on any atom is -0.334 e. The van der Waals surface area contributed by atoms with Gasteiger partial charge in [0.2, 0.25) is 15.8 Å². The van der Waals surface area contributed by atoms with Crippen molar-refractivity contribution >= 4 is 27.3 Å². The largest absolute Gasteiger partial charge is 0.334 e. The van der Waals surface area contributed by atoms with E-state index in [2.05, 4.69) is 14.9 Å². The Hall–Kier alpha value is -2.56. The van der Waals surface area contributed by atoms with E-state index in [1.807, 2.05) is 31.2 Å². The SMILES string of the molecule is Cc1ccc(CNS(=O)(=O)c2cc(-c3noc(C(=O)N4CCCC4)n3)cs2)cc1. The monoisotopic (exact) mass is 432 g/mol. The molecular formula is C19H20N4O4S2. The molecule has 0 unspecified atom stereocenters. The standard InChI is InChI=1S/C19H20N4O4S2/c1-13-4-6-14(7-5-13)11-20-29(25,26)16-10-15(12-28-16)17-21-18(27-22-17)19(24)23-8-2-3-9-23/h4-7,10,12,20H,2-3,8-9,11H2,1H3. The van der Waals surface area contributed by atoms with Crippen LogP contribution < -0.4 is 4.72 Å². The third-order valence-corrected chi connectivity index (χ3v) is 7.53. The molecule has 0 aliphatic carbocycles. The van der Waals surface area contributed by atoms with Gasteiger partial charge in [0.05, 0.1) is 0 Å². The fourth-order valence-corrected chi connectivity index (χ4v) is 5.23. The van der Waals surface area contributed by atoms with Gasteiger partial charge >= 0.3 is 11.8 Å². The molecule has 2 aromatic heterocycles. The lowest BCUT2D eigenvalue weighted by atomic mass is 10.2. The Morgan fingerprint density at radius 3 is 2.69 bits per heavy atom. The van der Waals surface area contributed by atoms with Crippen LogP contribution >= 0.6 is 11.3 Å². The molecule has 4 rings (SSSR count). The van der Waals surface area contributed by atoms with Crippen molar-refractivity contribution in [2.75, 3.05) is 13.1 Å². The first kappa shape index (κ1) is 19.7. The Kier molecular flexibility index (Phi) is 5.48. The van der Waals surface area contributed by atoms with Crippen LogP contribution in [0.5, 0.6) is 0 Å².